The Kier molecular flexibility index (Phi) is 2.55. The molecular formula is C6H12BNO. The van der Waals surface area contributed by atoms with Crippen LogP contribution in [0.2, 0.25) is 0 Å². The lowest BCUT2D eigenvalue weighted by Gasteiger charge is -2.28. The van der Waals surface area contributed by atoms with Crippen molar-refractivity contribution in [3.63, 3.8) is 0 Å². The fourth-order valence-electron chi connectivity index (χ4n) is 0.971. The van der Waals surface area contributed by atoms with Gasteiger partial charge >= 0.3 is 0 Å². The van der Waals surface area contributed by atoms with E-state index in [0.29, 0.717) is 6.10 Å². The van der Waals surface area contributed by atoms with E-state index in [1.165, 1.54) is 0 Å². The maximum absolute atomic E-state index is 5.52. The van der Waals surface area contributed by atoms with Crippen LogP contribution >= 0.6 is 0 Å². The van der Waals surface area contributed by atoms with Gasteiger partial charge in [0.2, 0.25) is 0 Å². The van der Waals surface area contributed by atoms with Crippen molar-refractivity contribution in [3.8, 4) is 0 Å². The zero-order chi connectivity index (χ0) is 6.69. The van der Waals surface area contributed by atoms with Crippen molar-refractivity contribution in [1.29, 1.82) is 0 Å². The molecule has 0 spiro atoms. The normalized spacial score (nSPS) is 36.6. The van der Waals surface area contributed by atoms with E-state index in [0.717, 1.165) is 19.5 Å². The highest BCUT2D eigenvalue weighted by Gasteiger charge is 2.15. The minimum absolute atomic E-state index is 0.0938. The van der Waals surface area contributed by atoms with Gasteiger partial charge in [0.1, 0.15) is 7.85 Å². The van der Waals surface area contributed by atoms with E-state index in [4.69, 9.17) is 12.6 Å². The van der Waals surface area contributed by atoms with Crippen LogP contribution in [0, 0.1) is 0 Å². The maximum Gasteiger partial charge on any atom is 0.110 e. The Hall–Kier alpha value is -0.0151. The van der Waals surface area contributed by atoms with Crippen LogP contribution in [0.5, 0.6) is 0 Å². The molecule has 0 aromatic rings. The molecule has 1 heterocycles. The topological polar surface area (TPSA) is 21.3 Å². The summed E-state index contributed by atoms with van der Waals surface area (Å²) < 4.78 is 5.35. The summed E-state index contributed by atoms with van der Waals surface area (Å²) in [5, 5.41) is 3.19. The zero-order valence-corrected chi connectivity index (χ0v) is 5.76. The Labute approximate surface area is 57.4 Å². The lowest BCUT2D eigenvalue weighted by atomic mass is 9.98. The number of nitrogens with one attached hydrogen (secondary N) is 1. The van der Waals surface area contributed by atoms with Gasteiger partial charge in [0, 0.05) is 19.1 Å². The van der Waals surface area contributed by atoms with Gasteiger partial charge in [-0.2, -0.15) is 0 Å². The first-order valence-corrected chi connectivity index (χ1v) is 3.44. The zero-order valence-electron chi connectivity index (χ0n) is 5.76. The Morgan fingerprint density at radius 2 is 2.44 bits per heavy atom. The molecule has 0 bridgehead atoms. The first-order valence-electron chi connectivity index (χ1n) is 3.44. The fraction of sp³-hybridized carbons (Fsp3) is 1.00. The van der Waals surface area contributed by atoms with Crippen LogP contribution in [0.25, 0.3) is 0 Å². The smallest absolute Gasteiger partial charge is 0.110 e. The van der Waals surface area contributed by atoms with Crippen molar-refractivity contribution in [2.24, 2.45) is 0 Å². The lowest BCUT2D eigenvalue weighted by molar-refractivity contribution is 0.00289. The number of ether oxygens (including phenoxy) is 1. The van der Waals surface area contributed by atoms with Gasteiger partial charge in [-0.05, 0) is 6.42 Å². The van der Waals surface area contributed by atoms with Gasteiger partial charge in [-0.25, -0.2) is 0 Å². The SMILES string of the molecule is [B]C1CNC[C@@H](CC)O1. The molecule has 2 nitrogen and oxygen atoms in total. The summed E-state index contributed by atoms with van der Waals surface area (Å²) in [6.07, 6.45) is 1.37. The Morgan fingerprint density at radius 3 is 2.89 bits per heavy atom. The van der Waals surface area contributed by atoms with E-state index in [1.807, 2.05) is 0 Å². The summed E-state index contributed by atoms with van der Waals surface area (Å²) in [6.45, 7) is 3.84. The fourth-order valence-corrected chi connectivity index (χ4v) is 0.971. The summed E-state index contributed by atoms with van der Waals surface area (Å²) in [6, 6.07) is -0.0938. The molecule has 1 aliphatic heterocycles. The summed E-state index contributed by atoms with van der Waals surface area (Å²) in [5.74, 6) is 0. The first kappa shape index (κ1) is 7.10. The van der Waals surface area contributed by atoms with Crippen LogP contribution < -0.4 is 5.32 Å². The largest absolute Gasteiger partial charge is 0.382 e. The van der Waals surface area contributed by atoms with Crippen molar-refractivity contribution < 1.29 is 4.74 Å². The molecule has 1 unspecified atom stereocenters. The molecule has 1 aliphatic rings. The second-order valence-corrected chi connectivity index (χ2v) is 2.36. The summed E-state index contributed by atoms with van der Waals surface area (Å²) >= 11 is 0. The molecule has 1 fully saturated rings. The highest BCUT2D eigenvalue weighted by molar-refractivity contribution is 6.11. The second-order valence-electron chi connectivity index (χ2n) is 2.36. The van der Waals surface area contributed by atoms with E-state index in [1.54, 1.807) is 0 Å². The van der Waals surface area contributed by atoms with Crippen LogP contribution in [0.4, 0.5) is 0 Å². The monoisotopic (exact) mass is 125 g/mol. The molecular weight excluding hydrogens is 113 g/mol. The van der Waals surface area contributed by atoms with E-state index in [2.05, 4.69) is 12.2 Å². The number of hydrogen-bond acceptors (Lipinski definition) is 2. The van der Waals surface area contributed by atoms with Gasteiger partial charge in [0.25, 0.3) is 0 Å². The minimum atomic E-state index is -0.0938. The number of hydrogen-bond donors (Lipinski definition) is 1. The molecule has 1 saturated heterocycles. The Morgan fingerprint density at radius 1 is 1.67 bits per heavy atom. The van der Waals surface area contributed by atoms with Gasteiger partial charge < -0.3 is 10.1 Å². The van der Waals surface area contributed by atoms with E-state index < -0.39 is 0 Å². The van der Waals surface area contributed by atoms with E-state index in [-0.39, 0.29) is 6.00 Å². The Balaban J connectivity index is 2.23. The van der Waals surface area contributed by atoms with Gasteiger partial charge in [-0.3, -0.25) is 0 Å². The van der Waals surface area contributed by atoms with Crippen LogP contribution in [0.3, 0.4) is 0 Å². The van der Waals surface area contributed by atoms with Gasteiger partial charge in [0.05, 0.1) is 6.10 Å². The molecule has 9 heavy (non-hydrogen) atoms. The molecule has 0 aromatic carbocycles. The third kappa shape index (κ3) is 1.99. The Bertz CT molecular complexity index is 89.1. The molecule has 2 radical (unpaired) electrons. The predicted molar refractivity (Wildman–Crippen MR) is 37.6 cm³/mol. The molecule has 1 N–H and O–H groups in total. The minimum Gasteiger partial charge on any atom is -0.382 e. The van der Waals surface area contributed by atoms with Crippen LogP contribution in [0.15, 0.2) is 0 Å². The van der Waals surface area contributed by atoms with Gasteiger partial charge in [0.15, 0.2) is 0 Å². The van der Waals surface area contributed by atoms with Crippen molar-refractivity contribution in [1.82, 2.24) is 5.32 Å². The van der Waals surface area contributed by atoms with Crippen molar-refractivity contribution in [2.45, 2.75) is 25.5 Å². The van der Waals surface area contributed by atoms with Gasteiger partial charge in [-0.15, -0.1) is 0 Å². The highest BCUT2D eigenvalue weighted by atomic mass is 16.5. The molecule has 50 valence electrons. The van der Waals surface area contributed by atoms with Gasteiger partial charge in [-0.1, -0.05) is 6.92 Å². The van der Waals surface area contributed by atoms with Crippen LogP contribution in [-0.4, -0.2) is 33.0 Å². The maximum atomic E-state index is 5.52. The van der Waals surface area contributed by atoms with Crippen molar-refractivity contribution in [3.05, 3.63) is 0 Å². The third-order valence-corrected chi connectivity index (χ3v) is 1.54. The third-order valence-electron chi connectivity index (χ3n) is 1.54. The highest BCUT2D eigenvalue weighted by Crippen LogP contribution is 2.03. The molecule has 1 rings (SSSR count). The summed E-state index contributed by atoms with van der Waals surface area (Å²) in [4.78, 5) is 0. The summed E-state index contributed by atoms with van der Waals surface area (Å²) in [7, 11) is 5.52. The molecule has 0 amide bonds. The average Bonchev–Trinajstić information content (AvgIpc) is 1.88. The van der Waals surface area contributed by atoms with Crippen molar-refractivity contribution >= 4 is 7.85 Å². The molecule has 0 saturated carbocycles. The standard InChI is InChI=1S/C6H12BNO/c1-2-5-3-8-4-6(7)9-5/h5-6,8H,2-4H2,1H3/t5-,6?/m1/s1. The molecule has 0 aliphatic carbocycles. The summed E-state index contributed by atoms with van der Waals surface area (Å²) in [5.41, 5.74) is 0. The first-order chi connectivity index (χ1) is 4.33. The molecule has 3 heteroatoms. The quantitative estimate of drug-likeness (QED) is 0.493. The van der Waals surface area contributed by atoms with E-state index >= 15 is 0 Å². The lowest BCUT2D eigenvalue weighted by Crippen LogP contribution is -2.44. The number of morpholine rings is 1. The molecule has 2 atom stereocenters. The van der Waals surface area contributed by atoms with Crippen LogP contribution in [-0.2, 0) is 4.74 Å². The second kappa shape index (κ2) is 3.23. The number of rotatable bonds is 1. The predicted octanol–water partition coefficient (Wildman–Crippen LogP) is -0.121. The van der Waals surface area contributed by atoms with Crippen molar-refractivity contribution in [2.75, 3.05) is 13.1 Å². The molecule has 0 aromatic heterocycles. The van der Waals surface area contributed by atoms with E-state index in [9.17, 15) is 0 Å². The average molecular weight is 125 g/mol. The van der Waals surface area contributed by atoms with Crippen LogP contribution in [0.1, 0.15) is 13.3 Å².